The summed E-state index contributed by atoms with van der Waals surface area (Å²) in [6, 6.07) is 7.61. The average molecular weight is 330 g/mol. The third-order valence-electron chi connectivity index (χ3n) is 3.61. The van der Waals surface area contributed by atoms with Crippen LogP contribution in [0.25, 0.3) is 22.3 Å². The molecule has 1 heterocycles. The van der Waals surface area contributed by atoms with E-state index in [9.17, 15) is 24.4 Å². The number of fused-ring (bicyclic) bond motifs is 1. The summed E-state index contributed by atoms with van der Waals surface area (Å²) in [4.78, 5) is 22.3. The van der Waals surface area contributed by atoms with Gasteiger partial charge in [-0.3, -0.25) is 14.9 Å². The molecule has 0 aliphatic heterocycles. The van der Waals surface area contributed by atoms with Gasteiger partial charge in [0.25, 0.3) is 11.6 Å². The largest absolute Gasteiger partial charge is 0.455 e. The molecule has 0 aliphatic rings. The van der Waals surface area contributed by atoms with Gasteiger partial charge in [0.1, 0.15) is 17.2 Å². The minimum absolute atomic E-state index is 0.0150. The molecular formula is C16H11FN2O5. The van der Waals surface area contributed by atoms with E-state index >= 15 is 0 Å². The molecule has 0 saturated heterocycles. The number of benzene rings is 2. The average Bonchev–Trinajstić information content (AvgIpc) is 2.92. The van der Waals surface area contributed by atoms with Gasteiger partial charge in [0.05, 0.1) is 28.7 Å². The minimum Gasteiger partial charge on any atom is -0.455 e. The highest BCUT2D eigenvalue weighted by Gasteiger charge is 2.24. The summed E-state index contributed by atoms with van der Waals surface area (Å²) in [5.41, 5.74) is 5.60. The quantitative estimate of drug-likeness (QED) is 0.563. The van der Waals surface area contributed by atoms with Crippen molar-refractivity contribution in [3.63, 3.8) is 0 Å². The Morgan fingerprint density at radius 3 is 2.50 bits per heavy atom. The van der Waals surface area contributed by atoms with Gasteiger partial charge in [0.15, 0.2) is 0 Å². The number of carbonyl (C=O) groups is 1. The molecule has 3 rings (SSSR count). The Kier molecular flexibility index (Phi) is 3.74. The van der Waals surface area contributed by atoms with Gasteiger partial charge in [-0.05, 0) is 30.3 Å². The molecule has 1 amide bonds. The van der Waals surface area contributed by atoms with Gasteiger partial charge in [0, 0.05) is 10.9 Å². The van der Waals surface area contributed by atoms with E-state index in [2.05, 4.69) is 0 Å². The summed E-state index contributed by atoms with van der Waals surface area (Å²) in [7, 11) is 0. The summed E-state index contributed by atoms with van der Waals surface area (Å²) in [6.07, 6.45) is 0. The summed E-state index contributed by atoms with van der Waals surface area (Å²) in [6.45, 7) is -0.582. The fraction of sp³-hybridized carbons (Fsp3) is 0.0625. The fourth-order valence-electron chi connectivity index (χ4n) is 2.52. The topological polar surface area (TPSA) is 120 Å². The van der Waals surface area contributed by atoms with E-state index in [4.69, 9.17) is 10.2 Å². The van der Waals surface area contributed by atoms with Crippen LogP contribution in [0.5, 0.6) is 0 Å². The molecule has 0 fully saturated rings. The predicted octanol–water partition coefficient (Wildman–Crippen LogP) is 2.74. The number of nitrogens with two attached hydrogens (primary N) is 1. The van der Waals surface area contributed by atoms with E-state index in [1.54, 1.807) is 0 Å². The molecule has 3 N–H and O–H groups in total. The second-order valence-corrected chi connectivity index (χ2v) is 5.07. The number of nitro benzene ring substituents is 1. The SMILES string of the molecule is NC(=O)c1c(-c2ccc(F)cc2)oc2cc([N+](=O)[O-])c(CO)cc12. The highest BCUT2D eigenvalue weighted by Crippen LogP contribution is 2.36. The van der Waals surface area contributed by atoms with E-state index in [0.717, 1.165) is 6.07 Å². The molecule has 0 spiro atoms. The van der Waals surface area contributed by atoms with Crippen molar-refractivity contribution in [2.45, 2.75) is 6.61 Å². The first-order chi connectivity index (χ1) is 11.4. The number of aliphatic hydroxyl groups excluding tert-OH is 1. The molecule has 0 bridgehead atoms. The van der Waals surface area contributed by atoms with Crippen LogP contribution in [0.3, 0.4) is 0 Å². The van der Waals surface area contributed by atoms with Crippen LogP contribution in [-0.2, 0) is 6.61 Å². The molecule has 1 aromatic heterocycles. The van der Waals surface area contributed by atoms with Crippen molar-refractivity contribution in [1.82, 2.24) is 0 Å². The zero-order chi connectivity index (χ0) is 17.4. The standard InChI is InChI=1S/C16H11FN2O5/c17-10-3-1-8(2-4-10)15-14(16(18)21)11-5-9(7-20)12(19(22)23)6-13(11)24-15/h1-6,20H,7H2,(H2,18,21). The summed E-state index contributed by atoms with van der Waals surface area (Å²) < 4.78 is 18.6. The van der Waals surface area contributed by atoms with Gasteiger partial charge < -0.3 is 15.3 Å². The molecule has 24 heavy (non-hydrogen) atoms. The van der Waals surface area contributed by atoms with Crippen LogP contribution < -0.4 is 5.73 Å². The number of hydrogen-bond donors (Lipinski definition) is 2. The monoisotopic (exact) mass is 330 g/mol. The number of nitrogens with zero attached hydrogens (tertiary/aromatic N) is 1. The van der Waals surface area contributed by atoms with Gasteiger partial charge in [-0.15, -0.1) is 0 Å². The van der Waals surface area contributed by atoms with Crippen LogP contribution >= 0.6 is 0 Å². The zero-order valence-electron chi connectivity index (χ0n) is 12.2. The van der Waals surface area contributed by atoms with E-state index in [1.165, 1.54) is 30.3 Å². The van der Waals surface area contributed by atoms with Crippen LogP contribution in [0, 0.1) is 15.9 Å². The van der Waals surface area contributed by atoms with Crippen LogP contribution in [-0.4, -0.2) is 15.9 Å². The predicted molar refractivity (Wildman–Crippen MR) is 82.7 cm³/mol. The Morgan fingerprint density at radius 2 is 1.96 bits per heavy atom. The number of carbonyl (C=O) groups excluding carboxylic acids is 1. The lowest BCUT2D eigenvalue weighted by atomic mass is 10.0. The Bertz CT molecular complexity index is 963. The highest BCUT2D eigenvalue weighted by atomic mass is 19.1. The Labute approximate surface area is 134 Å². The number of nitro groups is 1. The smallest absolute Gasteiger partial charge is 0.278 e. The van der Waals surface area contributed by atoms with Crippen molar-refractivity contribution in [3.8, 4) is 11.3 Å². The first-order valence-corrected chi connectivity index (χ1v) is 6.82. The Balaban J connectivity index is 2.34. The second-order valence-electron chi connectivity index (χ2n) is 5.07. The van der Waals surface area contributed by atoms with E-state index in [-0.39, 0.29) is 33.5 Å². The number of amides is 1. The molecular weight excluding hydrogens is 319 g/mol. The highest BCUT2D eigenvalue weighted by molar-refractivity contribution is 6.11. The number of aliphatic hydroxyl groups is 1. The molecule has 0 atom stereocenters. The number of furan rings is 1. The zero-order valence-corrected chi connectivity index (χ0v) is 12.2. The number of primary amides is 1. The Hall–Kier alpha value is -3.26. The number of hydrogen-bond acceptors (Lipinski definition) is 5. The van der Waals surface area contributed by atoms with Crippen molar-refractivity contribution in [2.24, 2.45) is 5.73 Å². The number of rotatable bonds is 4. The Morgan fingerprint density at radius 1 is 1.29 bits per heavy atom. The third-order valence-corrected chi connectivity index (χ3v) is 3.61. The van der Waals surface area contributed by atoms with Crippen molar-refractivity contribution in [3.05, 3.63) is 63.5 Å². The fourth-order valence-corrected chi connectivity index (χ4v) is 2.52. The third kappa shape index (κ3) is 2.48. The first kappa shape index (κ1) is 15.6. The lowest BCUT2D eigenvalue weighted by Crippen LogP contribution is -2.11. The molecule has 2 aromatic carbocycles. The van der Waals surface area contributed by atoms with Crippen LogP contribution in [0.2, 0.25) is 0 Å². The van der Waals surface area contributed by atoms with Crippen LogP contribution in [0.15, 0.2) is 40.8 Å². The molecule has 122 valence electrons. The lowest BCUT2D eigenvalue weighted by molar-refractivity contribution is -0.385. The van der Waals surface area contributed by atoms with Gasteiger partial charge in [-0.1, -0.05) is 0 Å². The summed E-state index contributed by atoms with van der Waals surface area (Å²) >= 11 is 0. The summed E-state index contributed by atoms with van der Waals surface area (Å²) in [5.74, 6) is -1.18. The van der Waals surface area contributed by atoms with Gasteiger partial charge in [-0.25, -0.2) is 4.39 Å². The van der Waals surface area contributed by atoms with Crippen LogP contribution in [0.1, 0.15) is 15.9 Å². The van der Waals surface area contributed by atoms with Gasteiger partial charge in [-0.2, -0.15) is 0 Å². The second kappa shape index (κ2) is 5.74. The molecule has 7 nitrogen and oxygen atoms in total. The molecule has 0 unspecified atom stereocenters. The maximum Gasteiger partial charge on any atom is 0.278 e. The van der Waals surface area contributed by atoms with Gasteiger partial charge in [0.2, 0.25) is 0 Å². The lowest BCUT2D eigenvalue weighted by Gasteiger charge is -2.00. The van der Waals surface area contributed by atoms with Crippen molar-refractivity contribution < 1.29 is 23.6 Å². The molecule has 0 aliphatic carbocycles. The number of halogens is 1. The summed E-state index contributed by atoms with van der Waals surface area (Å²) in [5, 5.41) is 20.6. The van der Waals surface area contributed by atoms with E-state index in [0.29, 0.717) is 5.56 Å². The molecule has 0 saturated carbocycles. The minimum atomic E-state index is -0.800. The van der Waals surface area contributed by atoms with Gasteiger partial charge >= 0.3 is 0 Å². The maximum atomic E-state index is 13.1. The molecule has 0 radical (unpaired) electrons. The van der Waals surface area contributed by atoms with Crippen molar-refractivity contribution in [1.29, 1.82) is 0 Å². The normalized spacial score (nSPS) is 10.9. The van der Waals surface area contributed by atoms with Crippen LogP contribution in [0.4, 0.5) is 10.1 Å². The van der Waals surface area contributed by atoms with Crippen molar-refractivity contribution in [2.75, 3.05) is 0 Å². The first-order valence-electron chi connectivity index (χ1n) is 6.82. The van der Waals surface area contributed by atoms with E-state index < -0.39 is 23.3 Å². The van der Waals surface area contributed by atoms with Crippen molar-refractivity contribution >= 4 is 22.6 Å². The molecule has 3 aromatic rings. The van der Waals surface area contributed by atoms with E-state index in [1.807, 2.05) is 0 Å². The maximum absolute atomic E-state index is 13.1. The molecule has 8 heteroatoms.